The highest BCUT2D eigenvalue weighted by Crippen LogP contribution is 2.56. The summed E-state index contributed by atoms with van der Waals surface area (Å²) in [5.74, 6) is 1.00. The number of benzene rings is 1. The van der Waals surface area contributed by atoms with E-state index in [4.69, 9.17) is 4.74 Å². The van der Waals surface area contributed by atoms with Crippen molar-refractivity contribution in [2.45, 2.75) is 43.0 Å². The second kappa shape index (κ2) is 6.71. The highest BCUT2D eigenvalue weighted by atomic mass is 32.2. The Morgan fingerprint density at radius 3 is 2.85 bits per heavy atom. The summed E-state index contributed by atoms with van der Waals surface area (Å²) in [6.07, 6.45) is 5.90. The number of thioether (sulfide) groups is 1. The van der Waals surface area contributed by atoms with Gasteiger partial charge in [0.2, 0.25) is 5.91 Å². The van der Waals surface area contributed by atoms with Crippen molar-refractivity contribution >= 4 is 35.1 Å². The van der Waals surface area contributed by atoms with Crippen molar-refractivity contribution < 1.29 is 14.3 Å². The number of hydrogen-bond acceptors (Lipinski definition) is 4. The lowest BCUT2D eigenvalue weighted by atomic mass is 9.54. The summed E-state index contributed by atoms with van der Waals surface area (Å²) in [7, 11) is 0. The van der Waals surface area contributed by atoms with E-state index in [2.05, 4.69) is 10.6 Å². The molecule has 1 saturated carbocycles. The molecule has 3 heterocycles. The van der Waals surface area contributed by atoms with Gasteiger partial charge in [-0.2, -0.15) is 0 Å². The predicted octanol–water partition coefficient (Wildman–Crippen LogP) is 3.54. The van der Waals surface area contributed by atoms with Crippen LogP contribution in [0.2, 0.25) is 0 Å². The van der Waals surface area contributed by atoms with Crippen LogP contribution in [0, 0.1) is 11.3 Å². The molecule has 6 nitrogen and oxygen atoms in total. The number of ether oxygens (including phenoxy) is 1. The van der Waals surface area contributed by atoms with Gasteiger partial charge in [0.05, 0.1) is 11.4 Å². The Morgan fingerprint density at radius 2 is 2.11 bits per heavy atom. The van der Waals surface area contributed by atoms with E-state index in [1.165, 1.54) is 31.0 Å². The van der Waals surface area contributed by atoms with Crippen molar-refractivity contribution in [2.75, 3.05) is 36.1 Å². The summed E-state index contributed by atoms with van der Waals surface area (Å²) < 4.78 is 5.54. The number of hydrogen-bond donors (Lipinski definition) is 2. The fourth-order valence-electron chi connectivity index (χ4n) is 5.17. The summed E-state index contributed by atoms with van der Waals surface area (Å²) in [5.41, 5.74) is 1.88. The SMILES string of the molecule is O=C1CSc2ccc(NC(=O)N3CC4(CCC4)C3C3CCOCC3)cc2N1. The first-order chi connectivity index (χ1) is 13.1. The third kappa shape index (κ3) is 3.01. The maximum Gasteiger partial charge on any atom is 0.322 e. The van der Waals surface area contributed by atoms with Gasteiger partial charge < -0.3 is 20.3 Å². The van der Waals surface area contributed by atoms with Gasteiger partial charge >= 0.3 is 6.03 Å². The van der Waals surface area contributed by atoms with Crippen LogP contribution < -0.4 is 10.6 Å². The van der Waals surface area contributed by atoms with E-state index in [0.29, 0.717) is 23.1 Å². The Morgan fingerprint density at radius 1 is 1.30 bits per heavy atom. The molecule has 1 aromatic rings. The second-order valence-electron chi connectivity index (χ2n) is 8.22. The molecule has 5 rings (SSSR count). The van der Waals surface area contributed by atoms with E-state index in [-0.39, 0.29) is 11.9 Å². The number of anilines is 2. The Labute approximate surface area is 163 Å². The molecule has 27 heavy (non-hydrogen) atoms. The number of amides is 3. The van der Waals surface area contributed by atoms with Crippen molar-refractivity contribution in [1.82, 2.24) is 4.90 Å². The fourth-order valence-corrected chi connectivity index (χ4v) is 5.96. The van der Waals surface area contributed by atoms with Crippen LogP contribution in [0.25, 0.3) is 0 Å². The van der Waals surface area contributed by atoms with Crippen molar-refractivity contribution in [3.63, 3.8) is 0 Å². The molecule has 0 bridgehead atoms. The minimum Gasteiger partial charge on any atom is -0.381 e. The Kier molecular flexibility index (Phi) is 4.31. The van der Waals surface area contributed by atoms with Crippen LogP contribution in [-0.4, -0.2) is 48.4 Å². The summed E-state index contributed by atoms with van der Waals surface area (Å²) in [4.78, 5) is 27.7. The fraction of sp³-hybridized carbons (Fsp3) is 0.600. The van der Waals surface area contributed by atoms with Crippen molar-refractivity contribution in [3.8, 4) is 0 Å². The zero-order chi connectivity index (χ0) is 18.4. The van der Waals surface area contributed by atoms with Crippen LogP contribution in [0.1, 0.15) is 32.1 Å². The van der Waals surface area contributed by atoms with Crippen LogP contribution >= 0.6 is 11.8 Å². The third-order valence-electron chi connectivity index (χ3n) is 6.63. The second-order valence-corrected chi connectivity index (χ2v) is 9.23. The van der Waals surface area contributed by atoms with Gasteiger partial charge in [0.25, 0.3) is 0 Å². The first-order valence-electron chi connectivity index (χ1n) is 9.87. The van der Waals surface area contributed by atoms with E-state index in [9.17, 15) is 9.59 Å². The normalized spacial score (nSPS) is 26.6. The number of nitrogens with zero attached hydrogens (tertiary/aromatic N) is 1. The molecule has 0 aromatic heterocycles. The molecule has 1 aliphatic carbocycles. The van der Waals surface area contributed by atoms with E-state index >= 15 is 0 Å². The van der Waals surface area contributed by atoms with Crippen LogP contribution in [-0.2, 0) is 9.53 Å². The zero-order valence-corrected chi connectivity index (χ0v) is 16.1. The average Bonchev–Trinajstić information content (AvgIpc) is 2.60. The van der Waals surface area contributed by atoms with Gasteiger partial charge in [0, 0.05) is 41.8 Å². The average molecular weight is 388 g/mol. The molecule has 3 aliphatic heterocycles. The van der Waals surface area contributed by atoms with Gasteiger partial charge in [-0.25, -0.2) is 4.79 Å². The third-order valence-corrected chi connectivity index (χ3v) is 7.71. The van der Waals surface area contributed by atoms with Gasteiger partial charge in [0.1, 0.15) is 0 Å². The van der Waals surface area contributed by atoms with Crippen molar-refractivity contribution in [3.05, 3.63) is 18.2 Å². The maximum absolute atomic E-state index is 13.0. The molecular formula is C20H25N3O3S. The molecule has 144 valence electrons. The predicted molar refractivity (Wildman–Crippen MR) is 105 cm³/mol. The molecule has 4 aliphatic rings. The molecule has 3 amide bonds. The van der Waals surface area contributed by atoms with Crippen LogP contribution in [0.5, 0.6) is 0 Å². The lowest BCUT2D eigenvalue weighted by molar-refractivity contribution is -0.135. The lowest BCUT2D eigenvalue weighted by Crippen LogP contribution is -2.72. The van der Waals surface area contributed by atoms with E-state index in [1.54, 1.807) is 0 Å². The number of likely N-dealkylation sites (tertiary alicyclic amines) is 1. The monoisotopic (exact) mass is 387 g/mol. The minimum absolute atomic E-state index is 0.00484. The van der Waals surface area contributed by atoms with E-state index in [1.807, 2.05) is 23.1 Å². The first kappa shape index (κ1) is 17.4. The number of rotatable bonds is 2. The molecule has 2 saturated heterocycles. The summed E-state index contributed by atoms with van der Waals surface area (Å²) in [6, 6.07) is 6.08. The first-order valence-corrected chi connectivity index (χ1v) is 10.9. The van der Waals surface area contributed by atoms with Crippen molar-refractivity contribution in [1.29, 1.82) is 0 Å². The van der Waals surface area contributed by atoms with Gasteiger partial charge in [-0.05, 0) is 49.8 Å². The number of carbonyl (C=O) groups is 2. The van der Waals surface area contributed by atoms with E-state index < -0.39 is 0 Å². The largest absolute Gasteiger partial charge is 0.381 e. The minimum atomic E-state index is -0.0150. The lowest BCUT2D eigenvalue weighted by Gasteiger charge is -2.64. The Balaban J connectivity index is 1.30. The topological polar surface area (TPSA) is 70.7 Å². The Hall–Kier alpha value is -1.73. The number of carbonyl (C=O) groups excluding carboxylic acids is 2. The number of urea groups is 1. The highest BCUT2D eigenvalue weighted by Gasteiger charge is 2.59. The van der Waals surface area contributed by atoms with Crippen LogP contribution in [0.4, 0.5) is 16.2 Å². The number of fused-ring (bicyclic) bond motifs is 1. The smallest absolute Gasteiger partial charge is 0.322 e. The molecule has 1 spiro atoms. The molecular weight excluding hydrogens is 362 g/mol. The quantitative estimate of drug-likeness (QED) is 0.814. The highest BCUT2D eigenvalue weighted by molar-refractivity contribution is 8.00. The molecule has 1 atom stereocenters. The molecule has 1 unspecified atom stereocenters. The van der Waals surface area contributed by atoms with Gasteiger partial charge in [0.15, 0.2) is 0 Å². The molecule has 0 radical (unpaired) electrons. The van der Waals surface area contributed by atoms with Gasteiger partial charge in [-0.1, -0.05) is 6.42 Å². The van der Waals surface area contributed by atoms with E-state index in [0.717, 1.165) is 48.9 Å². The molecule has 2 N–H and O–H groups in total. The molecule has 1 aromatic carbocycles. The van der Waals surface area contributed by atoms with Gasteiger partial charge in [-0.15, -0.1) is 11.8 Å². The van der Waals surface area contributed by atoms with Crippen molar-refractivity contribution in [2.24, 2.45) is 11.3 Å². The zero-order valence-electron chi connectivity index (χ0n) is 15.3. The summed E-state index contributed by atoms with van der Waals surface area (Å²) >= 11 is 1.53. The standard InChI is InChI=1S/C20H25N3O3S/c24-17-11-27-16-3-2-14(10-15(16)22-17)21-19(25)23-12-20(6-1-7-20)18(23)13-4-8-26-9-5-13/h2-3,10,13,18H,1,4-9,11-12H2,(H,21,25)(H,22,24). The van der Waals surface area contributed by atoms with Crippen LogP contribution in [0.15, 0.2) is 23.1 Å². The van der Waals surface area contributed by atoms with Crippen LogP contribution in [0.3, 0.4) is 0 Å². The molecule has 7 heteroatoms. The number of nitrogens with one attached hydrogen (secondary N) is 2. The van der Waals surface area contributed by atoms with Gasteiger partial charge in [-0.3, -0.25) is 4.79 Å². The summed E-state index contributed by atoms with van der Waals surface area (Å²) in [5, 5.41) is 5.94. The maximum atomic E-state index is 13.0. The molecule has 3 fully saturated rings. The summed E-state index contributed by atoms with van der Waals surface area (Å²) in [6.45, 7) is 2.50. The Bertz CT molecular complexity index is 774.